The highest BCUT2D eigenvalue weighted by Gasteiger charge is 2.34. The van der Waals surface area contributed by atoms with E-state index in [2.05, 4.69) is 20.1 Å². The minimum atomic E-state index is -3.51. The van der Waals surface area contributed by atoms with Gasteiger partial charge in [0.05, 0.1) is 26.2 Å². The Balaban J connectivity index is 1.38. The van der Waals surface area contributed by atoms with E-state index in [1.807, 2.05) is 37.3 Å². The Morgan fingerprint density at radius 2 is 1.82 bits per heavy atom. The van der Waals surface area contributed by atoms with Crippen LogP contribution in [0.4, 0.5) is 11.4 Å². The molecular formula is C21H23N7O2S3. The third-order valence-electron chi connectivity index (χ3n) is 5.25. The standard InChI is InChI=1S/C21H23N7O2S3/c1-15-19(20(22)28(25-15)17-5-3-2-4-6-17)21(31)32-26-24-16-7-9-18(10-8-16)33(29,30)27-13-11-23-12-14-27/h2-10,19,22-23H,11-14H2,1H3. The molecule has 2 aliphatic heterocycles. The molecule has 0 aromatic heterocycles. The van der Waals surface area contributed by atoms with Crippen molar-refractivity contribution < 1.29 is 8.42 Å². The summed E-state index contributed by atoms with van der Waals surface area (Å²) in [5, 5.41) is 21.8. The van der Waals surface area contributed by atoms with Crippen molar-refractivity contribution in [2.75, 3.05) is 31.2 Å². The van der Waals surface area contributed by atoms with E-state index < -0.39 is 15.9 Å². The topological polar surface area (TPSA) is 114 Å². The van der Waals surface area contributed by atoms with E-state index in [4.69, 9.17) is 17.6 Å². The van der Waals surface area contributed by atoms with Crippen LogP contribution in [0, 0.1) is 11.3 Å². The zero-order chi connectivity index (χ0) is 23.4. The van der Waals surface area contributed by atoms with Gasteiger partial charge in [-0.2, -0.15) is 9.41 Å². The Labute approximate surface area is 202 Å². The number of hydrogen-bond donors (Lipinski definition) is 2. The first-order valence-corrected chi connectivity index (χ1v) is 12.9. The van der Waals surface area contributed by atoms with Crippen LogP contribution in [-0.2, 0) is 10.0 Å². The van der Waals surface area contributed by atoms with Crippen LogP contribution in [0.5, 0.6) is 0 Å². The number of anilines is 1. The Kier molecular flexibility index (Phi) is 7.29. The quantitative estimate of drug-likeness (QED) is 0.353. The van der Waals surface area contributed by atoms with Gasteiger partial charge in [-0.15, -0.1) is 9.63 Å². The van der Waals surface area contributed by atoms with Crippen molar-refractivity contribution in [3.05, 3.63) is 54.6 Å². The number of sulfonamides is 1. The molecule has 2 aromatic carbocycles. The number of piperazine rings is 1. The summed E-state index contributed by atoms with van der Waals surface area (Å²) in [6.45, 7) is 4.05. The number of hydrazone groups is 1. The molecule has 33 heavy (non-hydrogen) atoms. The molecule has 0 amide bonds. The number of rotatable bonds is 6. The molecule has 12 heteroatoms. The van der Waals surface area contributed by atoms with E-state index in [0.29, 0.717) is 36.1 Å². The fraction of sp³-hybridized carbons (Fsp3) is 0.286. The third-order valence-corrected chi connectivity index (χ3v) is 8.20. The van der Waals surface area contributed by atoms with E-state index in [9.17, 15) is 8.42 Å². The van der Waals surface area contributed by atoms with Crippen molar-refractivity contribution in [1.82, 2.24) is 9.62 Å². The fourth-order valence-electron chi connectivity index (χ4n) is 3.52. The second-order valence-corrected chi connectivity index (χ2v) is 10.9. The summed E-state index contributed by atoms with van der Waals surface area (Å²) in [6, 6.07) is 15.8. The maximum atomic E-state index is 12.7. The van der Waals surface area contributed by atoms with Gasteiger partial charge in [-0.1, -0.05) is 30.4 Å². The van der Waals surface area contributed by atoms with Crippen molar-refractivity contribution in [3.8, 4) is 0 Å². The van der Waals surface area contributed by atoms with Crippen LogP contribution in [0.25, 0.3) is 0 Å². The highest BCUT2D eigenvalue weighted by atomic mass is 32.2. The molecule has 1 saturated heterocycles. The van der Waals surface area contributed by atoms with Gasteiger partial charge in [-0.05, 0) is 43.3 Å². The number of nitrogens with one attached hydrogen (secondary N) is 2. The summed E-state index contributed by atoms with van der Waals surface area (Å²) < 4.78 is 31.5. The molecule has 1 fully saturated rings. The number of thiocarbonyl (C=S) groups is 1. The summed E-state index contributed by atoms with van der Waals surface area (Å²) in [4.78, 5) is 0.235. The predicted octanol–water partition coefficient (Wildman–Crippen LogP) is 3.83. The lowest BCUT2D eigenvalue weighted by Crippen LogP contribution is -2.46. The zero-order valence-electron chi connectivity index (χ0n) is 17.9. The minimum absolute atomic E-state index is 0.235. The van der Waals surface area contributed by atoms with Crippen LogP contribution in [0.15, 0.2) is 74.2 Å². The molecule has 172 valence electrons. The van der Waals surface area contributed by atoms with Gasteiger partial charge in [-0.25, -0.2) is 13.4 Å². The Bertz CT molecular complexity index is 1190. The highest BCUT2D eigenvalue weighted by molar-refractivity contribution is 8.22. The van der Waals surface area contributed by atoms with Crippen LogP contribution in [0.2, 0.25) is 0 Å². The average Bonchev–Trinajstić information content (AvgIpc) is 3.14. The summed E-state index contributed by atoms with van der Waals surface area (Å²) in [5.41, 5.74) is 2.04. The molecule has 0 bridgehead atoms. The molecule has 0 spiro atoms. The molecule has 9 nitrogen and oxygen atoms in total. The maximum absolute atomic E-state index is 12.7. The molecule has 0 radical (unpaired) electrons. The number of nitrogens with zero attached hydrogens (tertiary/aromatic N) is 5. The Hall–Kier alpha value is -2.51. The van der Waals surface area contributed by atoms with E-state index in [1.165, 1.54) is 16.4 Å². The van der Waals surface area contributed by atoms with Crippen molar-refractivity contribution in [2.45, 2.75) is 11.8 Å². The molecule has 2 N–H and O–H groups in total. The van der Waals surface area contributed by atoms with Crippen LogP contribution < -0.4 is 10.3 Å². The number of hydrogen-bond acceptors (Lipinski definition) is 9. The molecule has 0 aliphatic carbocycles. The summed E-state index contributed by atoms with van der Waals surface area (Å²) in [6.07, 6.45) is 0. The molecule has 1 atom stereocenters. The van der Waals surface area contributed by atoms with Gasteiger partial charge in [0.25, 0.3) is 0 Å². The first-order chi connectivity index (χ1) is 15.9. The number of amidine groups is 1. The van der Waals surface area contributed by atoms with Crippen molar-refractivity contribution in [2.24, 2.45) is 20.7 Å². The zero-order valence-corrected chi connectivity index (χ0v) is 20.3. The van der Waals surface area contributed by atoms with Gasteiger partial charge in [0.2, 0.25) is 10.0 Å². The minimum Gasteiger partial charge on any atom is -0.314 e. The van der Waals surface area contributed by atoms with Gasteiger partial charge >= 0.3 is 0 Å². The molecule has 4 rings (SSSR count). The van der Waals surface area contributed by atoms with Gasteiger partial charge in [0, 0.05) is 38.1 Å². The van der Waals surface area contributed by atoms with Gasteiger partial charge in [-0.3, -0.25) is 5.41 Å². The molecule has 2 heterocycles. The Morgan fingerprint density at radius 1 is 1.15 bits per heavy atom. The highest BCUT2D eigenvalue weighted by Crippen LogP contribution is 2.29. The number of para-hydroxylation sites is 1. The van der Waals surface area contributed by atoms with Crippen LogP contribution in [-0.4, -0.2) is 54.6 Å². The van der Waals surface area contributed by atoms with Gasteiger partial charge in [0.15, 0.2) is 0 Å². The van der Waals surface area contributed by atoms with E-state index >= 15 is 0 Å². The molecule has 2 aliphatic rings. The van der Waals surface area contributed by atoms with Crippen molar-refractivity contribution >= 4 is 61.3 Å². The van der Waals surface area contributed by atoms with Crippen LogP contribution in [0.3, 0.4) is 0 Å². The summed E-state index contributed by atoms with van der Waals surface area (Å²) >= 11 is 6.51. The number of benzene rings is 2. The van der Waals surface area contributed by atoms with Crippen LogP contribution in [0.1, 0.15) is 6.92 Å². The first kappa shape index (κ1) is 23.6. The summed E-state index contributed by atoms with van der Waals surface area (Å²) in [7, 11) is -3.51. The smallest absolute Gasteiger partial charge is 0.243 e. The molecular weight excluding hydrogens is 478 g/mol. The van der Waals surface area contributed by atoms with Crippen molar-refractivity contribution in [1.29, 1.82) is 5.41 Å². The monoisotopic (exact) mass is 501 g/mol. The molecule has 1 unspecified atom stereocenters. The second kappa shape index (κ2) is 10.2. The lowest BCUT2D eigenvalue weighted by Gasteiger charge is -2.26. The fourth-order valence-corrected chi connectivity index (χ4v) is 5.94. The SMILES string of the molecule is CC1=NN(c2ccccc2)C(=N)C1C(=S)SN=Nc1ccc(S(=O)(=O)N2CCNCC2)cc1. The summed E-state index contributed by atoms with van der Waals surface area (Å²) in [5.74, 6) is -0.162. The molecule has 0 saturated carbocycles. The Morgan fingerprint density at radius 3 is 2.48 bits per heavy atom. The lowest BCUT2D eigenvalue weighted by molar-refractivity contribution is 0.360. The largest absolute Gasteiger partial charge is 0.314 e. The normalized spacial score (nSPS) is 19.8. The van der Waals surface area contributed by atoms with E-state index in [0.717, 1.165) is 23.3 Å². The van der Waals surface area contributed by atoms with Crippen molar-refractivity contribution in [3.63, 3.8) is 0 Å². The third kappa shape index (κ3) is 5.20. The lowest BCUT2D eigenvalue weighted by atomic mass is 10.1. The second-order valence-electron chi connectivity index (χ2n) is 7.45. The van der Waals surface area contributed by atoms with E-state index in [-0.39, 0.29) is 10.7 Å². The van der Waals surface area contributed by atoms with Gasteiger partial charge in [0.1, 0.15) is 11.8 Å². The van der Waals surface area contributed by atoms with Crippen LogP contribution >= 0.6 is 24.2 Å². The average molecular weight is 502 g/mol. The maximum Gasteiger partial charge on any atom is 0.243 e. The molecule has 2 aromatic rings. The van der Waals surface area contributed by atoms with Gasteiger partial charge < -0.3 is 5.32 Å². The first-order valence-electron chi connectivity index (χ1n) is 10.3. The van der Waals surface area contributed by atoms with E-state index in [1.54, 1.807) is 17.1 Å². The predicted molar refractivity (Wildman–Crippen MR) is 136 cm³/mol.